The molecule has 25 heavy (non-hydrogen) atoms. The van der Waals surface area contributed by atoms with Crippen LogP contribution in [0, 0.1) is 0 Å². The second-order valence-electron chi connectivity index (χ2n) is 5.02. The van der Waals surface area contributed by atoms with Crippen LogP contribution in [0.3, 0.4) is 0 Å². The average molecular weight is 340 g/mol. The molecule has 0 bridgehead atoms. The second-order valence-corrected chi connectivity index (χ2v) is 5.02. The number of anilines is 1. The summed E-state index contributed by atoms with van der Waals surface area (Å²) in [6, 6.07) is 12.1. The van der Waals surface area contributed by atoms with Gasteiger partial charge in [0.1, 0.15) is 6.29 Å². The van der Waals surface area contributed by atoms with E-state index in [4.69, 9.17) is 4.74 Å². The van der Waals surface area contributed by atoms with Crippen LogP contribution < -0.4 is 10.6 Å². The van der Waals surface area contributed by atoms with Crippen molar-refractivity contribution < 1.29 is 23.9 Å². The third-order valence-corrected chi connectivity index (χ3v) is 3.27. The van der Waals surface area contributed by atoms with E-state index in [-0.39, 0.29) is 11.5 Å². The van der Waals surface area contributed by atoms with Crippen LogP contribution in [0.5, 0.6) is 0 Å². The number of carbonyl (C=O) groups is 4. The van der Waals surface area contributed by atoms with Gasteiger partial charge in [-0.25, -0.2) is 4.79 Å². The Bertz CT molecular complexity index is 782. The predicted octanol–water partition coefficient (Wildman–Crippen LogP) is 1.65. The Morgan fingerprint density at radius 2 is 1.56 bits per heavy atom. The number of nitrogens with one attached hydrogen (secondary N) is 2. The molecule has 2 aromatic rings. The largest absolute Gasteiger partial charge is 0.452 e. The number of ether oxygens (including phenoxy) is 1. The lowest BCUT2D eigenvalue weighted by Crippen LogP contribution is -2.21. The zero-order chi connectivity index (χ0) is 18.2. The van der Waals surface area contributed by atoms with E-state index >= 15 is 0 Å². The number of rotatable bonds is 6. The summed E-state index contributed by atoms with van der Waals surface area (Å²) in [5.74, 6) is -1.40. The fraction of sp³-hybridized carbons (Fsp3) is 0.111. The molecule has 0 saturated heterocycles. The third-order valence-electron chi connectivity index (χ3n) is 3.27. The maximum Gasteiger partial charge on any atom is 0.338 e. The first-order chi connectivity index (χ1) is 12.0. The van der Waals surface area contributed by atoms with Crippen LogP contribution in [0.1, 0.15) is 31.1 Å². The lowest BCUT2D eigenvalue weighted by molar-refractivity contribution is -0.119. The maximum atomic E-state index is 11.8. The molecule has 7 heteroatoms. The van der Waals surface area contributed by atoms with Crippen molar-refractivity contribution in [1.29, 1.82) is 0 Å². The fourth-order valence-corrected chi connectivity index (χ4v) is 1.96. The fourth-order valence-electron chi connectivity index (χ4n) is 1.96. The van der Waals surface area contributed by atoms with Gasteiger partial charge in [0.2, 0.25) is 0 Å². The van der Waals surface area contributed by atoms with Gasteiger partial charge in [-0.1, -0.05) is 12.1 Å². The van der Waals surface area contributed by atoms with E-state index in [0.29, 0.717) is 23.1 Å². The first-order valence-electron chi connectivity index (χ1n) is 7.38. The number of aldehydes is 1. The van der Waals surface area contributed by atoms with Crippen LogP contribution in [0.15, 0.2) is 48.5 Å². The first kappa shape index (κ1) is 17.9. The van der Waals surface area contributed by atoms with Crippen LogP contribution in [-0.2, 0) is 9.53 Å². The highest BCUT2D eigenvalue weighted by atomic mass is 16.5. The summed E-state index contributed by atoms with van der Waals surface area (Å²) in [6.07, 6.45) is 0.665. The molecule has 2 aromatic carbocycles. The summed E-state index contributed by atoms with van der Waals surface area (Å²) in [5, 5.41) is 5.05. The normalized spacial score (nSPS) is 9.80. The highest BCUT2D eigenvalue weighted by Gasteiger charge is 2.11. The molecule has 0 aliphatic carbocycles. The van der Waals surface area contributed by atoms with Gasteiger partial charge in [0.25, 0.3) is 11.8 Å². The van der Waals surface area contributed by atoms with Crippen molar-refractivity contribution in [1.82, 2.24) is 5.32 Å². The lowest BCUT2D eigenvalue weighted by atomic mass is 10.1. The highest BCUT2D eigenvalue weighted by Crippen LogP contribution is 2.10. The molecule has 7 nitrogen and oxygen atoms in total. The summed E-state index contributed by atoms with van der Waals surface area (Å²) in [7, 11) is 1.53. The number of carbonyl (C=O) groups excluding carboxylic acids is 4. The molecule has 0 spiro atoms. The molecule has 0 aliphatic heterocycles. The Hall–Kier alpha value is -3.48. The first-order valence-corrected chi connectivity index (χ1v) is 7.38. The quantitative estimate of drug-likeness (QED) is 0.615. The smallest absolute Gasteiger partial charge is 0.338 e. The van der Waals surface area contributed by atoms with Gasteiger partial charge in [-0.15, -0.1) is 0 Å². The molecule has 2 N–H and O–H groups in total. The molecule has 128 valence electrons. The monoisotopic (exact) mass is 340 g/mol. The van der Waals surface area contributed by atoms with Gasteiger partial charge in [-0.2, -0.15) is 0 Å². The summed E-state index contributed by atoms with van der Waals surface area (Å²) in [6.45, 7) is -0.453. The summed E-state index contributed by atoms with van der Waals surface area (Å²) in [4.78, 5) is 45.6. The standard InChI is InChI=1S/C18H16N2O5/c1-19-17(23)13-6-8-15(9-7-13)20-16(22)11-25-18(24)14-4-2-12(10-21)3-5-14/h2-10H,11H2,1H3,(H,19,23)(H,20,22). The van der Waals surface area contributed by atoms with Gasteiger partial charge < -0.3 is 15.4 Å². The SMILES string of the molecule is CNC(=O)c1ccc(NC(=O)COC(=O)c2ccc(C=O)cc2)cc1. The molecule has 0 heterocycles. The van der Waals surface area contributed by atoms with Gasteiger partial charge >= 0.3 is 5.97 Å². The van der Waals surface area contributed by atoms with E-state index in [2.05, 4.69) is 10.6 Å². The summed E-state index contributed by atoms with van der Waals surface area (Å²) >= 11 is 0. The topological polar surface area (TPSA) is 102 Å². The van der Waals surface area contributed by atoms with Crippen LogP contribution in [-0.4, -0.2) is 37.7 Å². The van der Waals surface area contributed by atoms with Gasteiger partial charge in [0.15, 0.2) is 6.61 Å². The molecule has 0 aliphatic rings. The van der Waals surface area contributed by atoms with E-state index < -0.39 is 18.5 Å². The predicted molar refractivity (Wildman–Crippen MR) is 90.6 cm³/mol. The van der Waals surface area contributed by atoms with Crippen LogP contribution in [0.4, 0.5) is 5.69 Å². The Morgan fingerprint density at radius 1 is 0.960 bits per heavy atom. The summed E-state index contributed by atoms with van der Waals surface area (Å²) < 4.78 is 4.91. The molecule has 0 radical (unpaired) electrons. The summed E-state index contributed by atoms with van der Waals surface area (Å²) in [5.41, 5.74) is 1.62. The molecule has 2 amide bonds. The third kappa shape index (κ3) is 5.00. The molecule has 0 aromatic heterocycles. The Morgan fingerprint density at radius 3 is 2.12 bits per heavy atom. The van der Waals surface area contributed by atoms with E-state index in [1.807, 2.05) is 0 Å². The Kier molecular flexibility index (Phi) is 6.00. The minimum Gasteiger partial charge on any atom is -0.452 e. The Labute approximate surface area is 144 Å². The van der Waals surface area contributed by atoms with Crippen molar-refractivity contribution >= 4 is 29.8 Å². The number of amides is 2. The van der Waals surface area contributed by atoms with Gasteiger partial charge in [0.05, 0.1) is 5.56 Å². The van der Waals surface area contributed by atoms with Crippen LogP contribution in [0.2, 0.25) is 0 Å². The van der Waals surface area contributed by atoms with Crippen molar-refractivity contribution in [3.05, 3.63) is 65.2 Å². The van der Waals surface area contributed by atoms with E-state index in [0.717, 1.165) is 0 Å². The van der Waals surface area contributed by atoms with Crippen molar-refractivity contribution in [2.45, 2.75) is 0 Å². The van der Waals surface area contributed by atoms with Crippen molar-refractivity contribution in [2.24, 2.45) is 0 Å². The van der Waals surface area contributed by atoms with E-state index in [1.54, 1.807) is 24.3 Å². The molecule has 2 rings (SSSR count). The zero-order valence-corrected chi connectivity index (χ0v) is 13.4. The lowest BCUT2D eigenvalue weighted by Gasteiger charge is -2.07. The Balaban J connectivity index is 1.86. The minimum absolute atomic E-state index is 0.229. The average Bonchev–Trinajstić information content (AvgIpc) is 2.66. The number of esters is 1. The van der Waals surface area contributed by atoms with E-state index in [1.165, 1.54) is 31.3 Å². The number of benzene rings is 2. The molecular formula is C18H16N2O5. The second kappa shape index (κ2) is 8.39. The number of hydrogen-bond donors (Lipinski definition) is 2. The maximum absolute atomic E-state index is 11.8. The van der Waals surface area contributed by atoms with Crippen LogP contribution in [0.25, 0.3) is 0 Å². The van der Waals surface area contributed by atoms with Crippen molar-refractivity contribution in [2.75, 3.05) is 19.0 Å². The van der Waals surface area contributed by atoms with Gasteiger partial charge in [0, 0.05) is 23.9 Å². The zero-order valence-electron chi connectivity index (χ0n) is 13.4. The molecule has 0 atom stereocenters. The molecule has 0 unspecified atom stereocenters. The number of hydrogen-bond acceptors (Lipinski definition) is 5. The van der Waals surface area contributed by atoms with Crippen LogP contribution >= 0.6 is 0 Å². The molecular weight excluding hydrogens is 324 g/mol. The minimum atomic E-state index is -0.664. The van der Waals surface area contributed by atoms with Crippen molar-refractivity contribution in [3.8, 4) is 0 Å². The highest BCUT2D eigenvalue weighted by molar-refractivity contribution is 5.97. The van der Waals surface area contributed by atoms with E-state index in [9.17, 15) is 19.2 Å². The van der Waals surface area contributed by atoms with Gasteiger partial charge in [-0.05, 0) is 36.4 Å². The van der Waals surface area contributed by atoms with Gasteiger partial charge in [-0.3, -0.25) is 14.4 Å². The molecule has 0 fully saturated rings. The molecule has 0 saturated carbocycles. The van der Waals surface area contributed by atoms with Crippen molar-refractivity contribution in [3.63, 3.8) is 0 Å².